The highest BCUT2D eigenvalue weighted by atomic mass is 19.1. The second-order valence-electron chi connectivity index (χ2n) is 4.95. The van der Waals surface area contributed by atoms with Crippen LogP contribution in [-0.4, -0.2) is 16.8 Å². The minimum absolute atomic E-state index is 0.00122. The molecule has 0 aliphatic rings. The maximum Gasteiger partial charge on any atom is 0.126 e. The first-order chi connectivity index (χ1) is 9.95. The van der Waals surface area contributed by atoms with Gasteiger partial charge in [-0.3, -0.25) is 0 Å². The third-order valence-corrected chi connectivity index (χ3v) is 3.27. The van der Waals surface area contributed by atoms with Gasteiger partial charge >= 0.3 is 0 Å². The lowest BCUT2D eigenvalue weighted by Gasteiger charge is -2.15. The van der Waals surface area contributed by atoms with Gasteiger partial charge in [-0.05, 0) is 43.7 Å². The number of nitrogens with one attached hydrogen (secondary N) is 1. The van der Waals surface area contributed by atoms with Gasteiger partial charge in [0.2, 0.25) is 0 Å². The summed E-state index contributed by atoms with van der Waals surface area (Å²) in [5.41, 5.74) is 1.22. The van der Waals surface area contributed by atoms with Crippen LogP contribution in [0.5, 0.6) is 11.5 Å². The third kappa shape index (κ3) is 4.16. The van der Waals surface area contributed by atoms with E-state index in [9.17, 15) is 19.0 Å². The van der Waals surface area contributed by atoms with Crippen LogP contribution in [0.4, 0.5) is 8.78 Å². The van der Waals surface area contributed by atoms with Crippen LogP contribution < -0.4 is 5.32 Å². The number of phenolic OH excluding ortho intramolecular Hbond substituents is 2. The molecule has 2 rings (SSSR count). The van der Waals surface area contributed by atoms with Gasteiger partial charge in [-0.25, -0.2) is 8.78 Å². The van der Waals surface area contributed by atoms with E-state index in [4.69, 9.17) is 0 Å². The summed E-state index contributed by atoms with van der Waals surface area (Å²) in [5, 5.41) is 22.2. The second-order valence-corrected chi connectivity index (χ2v) is 4.95. The lowest BCUT2D eigenvalue weighted by Crippen LogP contribution is -2.21. The van der Waals surface area contributed by atoms with Gasteiger partial charge in [-0.15, -0.1) is 0 Å². The van der Waals surface area contributed by atoms with Crippen molar-refractivity contribution < 1.29 is 19.0 Å². The number of aromatic hydroxyl groups is 2. The molecule has 3 nitrogen and oxygen atoms in total. The predicted molar refractivity (Wildman–Crippen MR) is 76.3 cm³/mol. The Hall–Kier alpha value is -2.14. The van der Waals surface area contributed by atoms with Crippen molar-refractivity contribution in [3.8, 4) is 11.5 Å². The molecular weight excluding hydrogens is 276 g/mol. The van der Waals surface area contributed by atoms with E-state index in [1.807, 2.05) is 6.92 Å². The fraction of sp³-hybridized carbons (Fsp3) is 0.250. The molecule has 0 heterocycles. The molecule has 21 heavy (non-hydrogen) atoms. The van der Waals surface area contributed by atoms with Gasteiger partial charge in [0.25, 0.3) is 0 Å². The zero-order valence-corrected chi connectivity index (χ0v) is 11.6. The lowest BCUT2D eigenvalue weighted by atomic mass is 10.1. The molecular formula is C16H17F2NO2. The highest BCUT2D eigenvalue weighted by molar-refractivity contribution is 5.40. The van der Waals surface area contributed by atoms with E-state index in [1.165, 1.54) is 24.3 Å². The van der Waals surface area contributed by atoms with Gasteiger partial charge in [-0.1, -0.05) is 6.07 Å². The molecule has 3 N–H and O–H groups in total. The Morgan fingerprint density at radius 3 is 2.33 bits per heavy atom. The number of hydrogen-bond acceptors (Lipinski definition) is 3. The normalized spacial score (nSPS) is 12.3. The van der Waals surface area contributed by atoms with Crippen LogP contribution in [0.2, 0.25) is 0 Å². The van der Waals surface area contributed by atoms with Crippen LogP contribution >= 0.6 is 0 Å². The summed E-state index contributed by atoms with van der Waals surface area (Å²) in [7, 11) is 0. The molecule has 0 radical (unpaired) electrons. The molecule has 0 aliphatic heterocycles. The Morgan fingerprint density at radius 1 is 1.05 bits per heavy atom. The average molecular weight is 293 g/mol. The van der Waals surface area contributed by atoms with Crippen molar-refractivity contribution in [2.75, 3.05) is 6.54 Å². The van der Waals surface area contributed by atoms with E-state index < -0.39 is 11.6 Å². The van der Waals surface area contributed by atoms with Crippen molar-refractivity contribution in [2.45, 2.75) is 19.4 Å². The standard InChI is InChI=1S/C16H17F2NO2/c1-10(15-3-2-14(20)9-16(15)21)19-5-4-11-6-12(17)8-13(18)7-11/h2-3,6-10,19-21H,4-5H2,1H3. The first kappa shape index (κ1) is 15.3. The van der Waals surface area contributed by atoms with E-state index in [2.05, 4.69) is 5.32 Å². The van der Waals surface area contributed by atoms with Gasteiger partial charge in [0.1, 0.15) is 23.1 Å². The van der Waals surface area contributed by atoms with Crippen molar-refractivity contribution >= 4 is 0 Å². The monoisotopic (exact) mass is 293 g/mol. The maximum absolute atomic E-state index is 13.1. The Kier molecular flexibility index (Phi) is 4.75. The van der Waals surface area contributed by atoms with Crippen molar-refractivity contribution in [2.24, 2.45) is 0 Å². The summed E-state index contributed by atoms with van der Waals surface area (Å²) >= 11 is 0. The van der Waals surface area contributed by atoms with E-state index >= 15 is 0 Å². The fourth-order valence-electron chi connectivity index (χ4n) is 2.20. The average Bonchev–Trinajstić information content (AvgIpc) is 2.37. The molecule has 0 saturated heterocycles. The molecule has 0 spiro atoms. The van der Waals surface area contributed by atoms with Crippen LogP contribution in [-0.2, 0) is 6.42 Å². The first-order valence-corrected chi connectivity index (χ1v) is 6.66. The van der Waals surface area contributed by atoms with E-state index in [-0.39, 0.29) is 17.5 Å². The molecule has 1 unspecified atom stereocenters. The number of halogens is 2. The molecule has 0 saturated carbocycles. The number of phenols is 2. The molecule has 2 aromatic carbocycles. The largest absolute Gasteiger partial charge is 0.508 e. The van der Waals surface area contributed by atoms with Crippen LogP contribution in [0.15, 0.2) is 36.4 Å². The predicted octanol–water partition coefficient (Wildman–Crippen LogP) is 3.27. The van der Waals surface area contributed by atoms with Crippen molar-refractivity contribution in [1.29, 1.82) is 0 Å². The Labute approximate surface area is 121 Å². The molecule has 0 aromatic heterocycles. The molecule has 2 aromatic rings. The lowest BCUT2D eigenvalue weighted by molar-refractivity contribution is 0.436. The SMILES string of the molecule is CC(NCCc1cc(F)cc(F)c1)c1ccc(O)cc1O. The molecule has 0 aliphatic carbocycles. The van der Waals surface area contributed by atoms with Gasteiger partial charge < -0.3 is 15.5 Å². The summed E-state index contributed by atoms with van der Waals surface area (Å²) in [6, 6.07) is 7.69. The molecule has 0 amide bonds. The van der Waals surface area contributed by atoms with Gasteiger partial charge in [-0.2, -0.15) is 0 Å². The van der Waals surface area contributed by atoms with Crippen molar-refractivity contribution in [3.05, 3.63) is 59.2 Å². The van der Waals surface area contributed by atoms with Gasteiger partial charge in [0.05, 0.1) is 0 Å². The maximum atomic E-state index is 13.1. The highest BCUT2D eigenvalue weighted by Gasteiger charge is 2.10. The van der Waals surface area contributed by atoms with Crippen molar-refractivity contribution in [3.63, 3.8) is 0 Å². The number of hydrogen-bond donors (Lipinski definition) is 3. The Morgan fingerprint density at radius 2 is 1.71 bits per heavy atom. The molecule has 0 bridgehead atoms. The number of benzene rings is 2. The van der Waals surface area contributed by atoms with E-state index in [0.29, 0.717) is 24.1 Å². The molecule has 112 valence electrons. The topological polar surface area (TPSA) is 52.5 Å². The quantitative estimate of drug-likeness (QED) is 0.793. The molecule has 5 heteroatoms. The molecule has 1 atom stereocenters. The zero-order chi connectivity index (χ0) is 15.4. The minimum atomic E-state index is -0.589. The first-order valence-electron chi connectivity index (χ1n) is 6.66. The fourth-order valence-corrected chi connectivity index (χ4v) is 2.20. The Balaban J connectivity index is 1.93. The van der Waals surface area contributed by atoms with Crippen LogP contribution in [0.25, 0.3) is 0 Å². The summed E-state index contributed by atoms with van der Waals surface area (Å²) in [4.78, 5) is 0. The summed E-state index contributed by atoms with van der Waals surface area (Å²) in [5.74, 6) is -1.17. The van der Waals surface area contributed by atoms with Crippen LogP contribution in [0.3, 0.4) is 0 Å². The summed E-state index contributed by atoms with van der Waals surface area (Å²) in [6.07, 6.45) is 0.470. The van der Waals surface area contributed by atoms with Crippen molar-refractivity contribution in [1.82, 2.24) is 5.32 Å². The summed E-state index contributed by atoms with van der Waals surface area (Å²) in [6.45, 7) is 2.36. The van der Waals surface area contributed by atoms with Crippen LogP contribution in [0, 0.1) is 11.6 Å². The van der Waals surface area contributed by atoms with Crippen LogP contribution in [0.1, 0.15) is 24.1 Å². The Bertz CT molecular complexity index is 611. The third-order valence-electron chi connectivity index (χ3n) is 3.27. The highest BCUT2D eigenvalue weighted by Crippen LogP contribution is 2.27. The van der Waals surface area contributed by atoms with Gasteiger partial charge in [0.15, 0.2) is 0 Å². The zero-order valence-electron chi connectivity index (χ0n) is 11.6. The van der Waals surface area contributed by atoms with E-state index in [0.717, 1.165) is 6.07 Å². The molecule has 0 fully saturated rings. The second kappa shape index (κ2) is 6.54. The van der Waals surface area contributed by atoms with E-state index in [1.54, 1.807) is 6.07 Å². The van der Waals surface area contributed by atoms with Gasteiger partial charge in [0, 0.05) is 23.7 Å². The summed E-state index contributed by atoms with van der Waals surface area (Å²) < 4.78 is 26.1. The number of rotatable bonds is 5. The minimum Gasteiger partial charge on any atom is -0.508 e. The smallest absolute Gasteiger partial charge is 0.126 e.